The standard InChI is InChI=1S/C15H28N2O/c18-15(11-13-3-1-2-4-13)12-16-7-9-17(10-8-16)14-5-6-14/h13-15,18H,1-12H2. The number of nitrogens with zero attached hydrogens (tertiary/aromatic N) is 2. The van der Waals surface area contributed by atoms with Gasteiger partial charge in [-0.2, -0.15) is 0 Å². The van der Waals surface area contributed by atoms with Gasteiger partial charge in [0.05, 0.1) is 6.10 Å². The van der Waals surface area contributed by atoms with Gasteiger partial charge >= 0.3 is 0 Å². The Morgan fingerprint density at radius 3 is 2.22 bits per heavy atom. The summed E-state index contributed by atoms with van der Waals surface area (Å²) in [6, 6.07) is 0.913. The molecule has 3 rings (SSSR count). The van der Waals surface area contributed by atoms with Crippen LogP contribution in [-0.2, 0) is 0 Å². The van der Waals surface area contributed by atoms with Crippen LogP contribution in [0.1, 0.15) is 44.9 Å². The number of hydrogen-bond donors (Lipinski definition) is 1. The summed E-state index contributed by atoms with van der Waals surface area (Å²) >= 11 is 0. The minimum Gasteiger partial charge on any atom is -0.392 e. The van der Waals surface area contributed by atoms with Crippen molar-refractivity contribution in [2.45, 2.75) is 57.1 Å². The average Bonchev–Trinajstić information content (AvgIpc) is 3.09. The van der Waals surface area contributed by atoms with Gasteiger partial charge in [-0.05, 0) is 25.2 Å². The predicted octanol–water partition coefficient (Wildman–Crippen LogP) is 1.71. The lowest BCUT2D eigenvalue weighted by Gasteiger charge is -2.36. The van der Waals surface area contributed by atoms with E-state index in [2.05, 4.69) is 9.80 Å². The van der Waals surface area contributed by atoms with Gasteiger partial charge in [0.15, 0.2) is 0 Å². The lowest BCUT2D eigenvalue weighted by Crippen LogP contribution is -2.49. The van der Waals surface area contributed by atoms with Crippen molar-refractivity contribution in [1.82, 2.24) is 9.80 Å². The summed E-state index contributed by atoms with van der Waals surface area (Å²) in [6.07, 6.45) is 9.28. The number of rotatable bonds is 5. The number of piperazine rings is 1. The van der Waals surface area contributed by atoms with Crippen LogP contribution in [0.15, 0.2) is 0 Å². The Labute approximate surface area is 111 Å². The highest BCUT2D eigenvalue weighted by molar-refractivity contribution is 4.88. The Morgan fingerprint density at radius 2 is 1.61 bits per heavy atom. The van der Waals surface area contributed by atoms with Crippen molar-refractivity contribution in [2.75, 3.05) is 32.7 Å². The zero-order valence-corrected chi connectivity index (χ0v) is 11.6. The van der Waals surface area contributed by atoms with Crippen molar-refractivity contribution < 1.29 is 5.11 Å². The van der Waals surface area contributed by atoms with Crippen molar-refractivity contribution in [1.29, 1.82) is 0 Å². The maximum atomic E-state index is 10.2. The van der Waals surface area contributed by atoms with E-state index in [0.717, 1.165) is 38.0 Å². The molecule has 18 heavy (non-hydrogen) atoms. The van der Waals surface area contributed by atoms with Crippen LogP contribution in [0.25, 0.3) is 0 Å². The molecule has 3 heteroatoms. The Morgan fingerprint density at radius 1 is 0.944 bits per heavy atom. The first-order valence-electron chi connectivity index (χ1n) is 7.96. The highest BCUT2D eigenvalue weighted by atomic mass is 16.3. The third kappa shape index (κ3) is 3.46. The van der Waals surface area contributed by atoms with E-state index in [4.69, 9.17) is 0 Å². The van der Waals surface area contributed by atoms with Gasteiger partial charge in [-0.3, -0.25) is 9.80 Å². The molecule has 2 aliphatic carbocycles. The molecule has 0 amide bonds. The quantitative estimate of drug-likeness (QED) is 0.807. The Balaban J connectivity index is 1.34. The highest BCUT2D eigenvalue weighted by Crippen LogP contribution is 2.29. The molecule has 0 spiro atoms. The maximum absolute atomic E-state index is 10.2. The smallest absolute Gasteiger partial charge is 0.0669 e. The molecule has 1 saturated heterocycles. The second-order valence-corrected chi connectivity index (χ2v) is 6.61. The predicted molar refractivity (Wildman–Crippen MR) is 73.6 cm³/mol. The van der Waals surface area contributed by atoms with E-state index in [0.29, 0.717) is 0 Å². The van der Waals surface area contributed by atoms with Gasteiger partial charge in [0.2, 0.25) is 0 Å². The van der Waals surface area contributed by atoms with Crippen LogP contribution in [0, 0.1) is 5.92 Å². The van der Waals surface area contributed by atoms with Gasteiger partial charge < -0.3 is 5.11 Å². The van der Waals surface area contributed by atoms with Crippen molar-refractivity contribution in [2.24, 2.45) is 5.92 Å². The first kappa shape index (κ1) is 12.9. The number of β-amino-alcohol motifs (C(OH)–C–C–N with tert-alkyl or cyclic N) is 1. The van der Waals surface area contributed by atoms with Crippen LogP contribution >= 0.6 is 0 Å². The molecule has 1 heterocycles. The van der Waals surface area contributed by atoms with E-state index in [1.54, 1.807) is 0 Å². The van der Waals surface area contributed by atoms with Crippen molar-refractivity contribution in [3.63, 3.8) is 0 Å². The molecule has 1 N–H and O–H groups in total. The molecule has 3 aliphatic rings. The maximum Gasteiger partial charge on any atom is 0.0669 e. The van der Waals surface area contributed by atoms with E-state index in [9.17, 15) is 5.11 Å². The molecule has 2 saturated carbocycles. The van der Waals surface area contributed by atoms with Crippen LogP contribution in [0.3, 0.4) is 0 Å². The lowest BCUT2D eigenvalue weighted by molar-refractivity contribution is 0.0584. The summed E-state index contributed by atoms with van der Waals surface area (Å²) < 4.78 is 0. The molecule has 1 unspecified atom stereocenters. The zero-order chi connectivity index (χ0) is 12.4. The first-order valence-corrected chi connectivity index (χ1v) is 7.96. The van der Waals surface area contributed by atoms with E-state index in [-0.39, 0.29) is 6.10 Å². The summed E-state index contributed by atoms with van der Waals surface area (Å²) in [5.74, 6) is 0.813. The molecule has 3 fully saturated rings. The molecule has 3 nitrogen and oxygen atoms in total. The van der Waals surface area contributed by atoms with Gasteiger partial charge in [-0.25, -0.2) is 0 Å². The molecular formula is C15H28N2O. The van der Waals surface area contributed by atoms with Gasteiger partial charge in [0.1, 0.15) is 0 Å². The fraction of sp³-hybridized carbons (Fsp3) is 1.00. The Kier molecular flexibility index (Phi) is 4.22. The highest BCUT2D eigenvalue weighted by Gasteiger charge is 2.31. The summed E-state index contributed by atoms with van der Waals surface area (Å²) in [5.41, 5.74) is 0. The summed E-state index contributed by atoms with van der Waals surface area (Å²) in [5, 5.41) is 10.2. The second-order valence-electron chi connectivity index (χ2n) is 6.61. The van der Waals surface area contributed by atoms with Crippen LogP contribution in [0.2, 0.25) is 0 Å². The minimum absolute atomic E-state index is 0.0828. The average molecular weight is 252 g/mol. The molecule has 0 aromatic rings. The molecule has 1 aliphatic heterocycles. The lowest BCUT2D eigenvalue weighted by atomic mass is 10.00. The largest absolute Gasteiger partial charge is 0.392 e. The fourth-order valence-corrected chi connectivity index (χ4v) is 3.75. The van der Waals surface area contributed by atoms with Gasteiger partial charge in [0.25, 0.3) is 0 Å². The van der Waals surface area contributed by atoms with E-state index in [1.807, 2.05) is 0 Å². The van der Waals surface area contributed by atoms with Crippen molar-refractivity contribution in [3.8, 4) is 0 Å². The summed E-state index contributed by atoms with van der Waals surface area (Å²) in [7, 11) is 0. The monoisotopic (exact) mass is 252 g/mol. The van der Waals surface area contributed by atoms with Crippen molar-refractivity contribution in [3.05, 3.63) is 0 Å². The summed E-state index contributed by atoms with van der Waals surface area (Å²) in [6.45, 7) is 5.69. The minimum atomic E-state index is -0.0828. The Bertz CT molecular complexity index is 253. The second kappa shape index (κ2) is 5.89. The summed E-state index contributed by atoms with van der Waals surface area (Å²) in [4.78, 5) is 5.11. The fourth-order valence-electron chi connectivity index (χ4n) is 3.75. The number of hydrogen-bond acceptors (Lipinski definition) is 3. The number of aliphatic hydroxyl groups is 1. The van der Waals surface area contributed by atoms with Gasteiger partial charge in [-0.15, -0.1) is 0 Å². The zero-order valence-electron chi connectivity index (χ0n) is 11.6. The first-order chi connectivity index (χ1) is 8.81. The third-order valence-electron chi connectivity index (χ3n) is 5.02. The molecule has 0 radical (unpaired) electrons. The molecule has 104 valence electrons. The molecule has 1 atom stereocenters. The van der Waals surface area contributed by atoms with Gasteiger partial charge in [0, 0.05) is 38.8 Å². The number of aliphatic hydroxyl groups excluding tert-OH is 1. The van der Waals surface area contributed by atoms with Crippen LogP contribution in [-0.4, -0.2) is 59.8 Å². The van der Waals surface area contributed by atoms with Crippen molar-refractivity contribution >= 4 is 0 Å². The van der Waals surface area contributed by atoms with Crippen LogP contribution < -0.4 is 0 Å². The normalized spacial score (nSPS) is 29.8. The molecule has 0 bridgehead atoms. The Hall–Kier alpha value is -0.120. The molecular weight excluding hydrogens is 224 g/mol. The van der Waals surface area contributed by atoms with Gasteiger partial charge in [-0.1, -0.05) is 25.7 Å². The topological polar surface area (TPSA) is 26.7 Å². The third-order valence-corrected chi connectivity index (χ3v) is 5.02. The van der Waals surface area contributed by atoms with Crippen LogP contribution in [0.5, 0.6) is 0 Å². The SMILES string of the molecule is OC(CC1CCCC1)CN1CCN(C2CC2)CC1. The van der Waals surface area contributed by atoms with E-state index in [1.165, 1.54) is 51.6 Å². The van der Waals surface area contributed by atoms with E-state index >= 15 is 0 Å². The molecule has 0 aromatic carbocycles. The van der Waals surface area contributed by atoms with Crippen LogP contribution in [0.4, 0.5) is 0 Å². The molecule has 0 aromatic heterocycles. The van der Waals surface area contributed by atoms with E-state index < -0.39 is 0 Å².